The number of hydrogen-bond donors (Lipinski definition) is 4. The third-order valence-corrected chi connectivity index (χ3v) is 5.01. The summed E-state index contributed by atoms with van der Waals surface area (Å²) in [5, 5.41) is 18.7. The van der Waals surface area contributed by atoms with Gasteiger partial charge in [0.05, 0.1) is 6.04 Å². The van der Waals surface area contributed by atoms with Crippen molar-refractivity contribution >= 4 is 40.5 Å². The van der Waals surface area contributed by atoms with Crippen LogP contribution in [0, 0.1) is 0 Å². The molecule has 1 atom stereocenters. The van der Waals surface area contributed by atoms with Crippen LogP contribution in [0.25, 0.3) is 10.8 Å². The number of cyclic esters (lactones) is 1. The first-order chi connectivity index (χ1) is 14.9. The number of carboxylic acid groups (broad SMARTS) is 1. The van der Waals surface area contributed by atoms with Crippen LogP contribution < -0.4 is 20.9 Å². The normalized spacial score (nSPS) is 16.2. The predicted molar refractivity (Wildman–Crippen MR) is 121 cm³/mol. The van der Waals surface area contributed by atoms with Crippen molar-refractivity contribution in [3.8, 4) is 0 Å². The lowest BCUT2D eigenvalue weighted by Crippen LogP contribution is -2.44. The van der Waals surface area contributed by atoms with Crippen LogP contribution >= 0.6 is 0 Å². The zero-order valence-corrected chi connectivity index (χ0v) is 18.9. The number of fused-ring (bicyclic) bond motifs is 1. The van der Waals surface area contributed by atoms with Crippen molar-refractivity contribution in [1.82, 2.24) is 15.6 Å². The SMILES string of the molecule is CC(C)NC(=O)Nc1cc2cc(N3C(=O)OCC3C)cc(CC(C)(C)NC(=O)O)c2cn1. The maximum Gasteiger partial charge on any atom is 0.414 e. The highest BCUT2D eigenvalue weighted by Gasteiger charge is 2.32. The van der Waals surface area contributed by atoms with Gasteiger partial charge in [0, 0.05) is 28.9 Å². The number of amides is 4. The van der Waals surface area contributed by atoms with Crippen LogP contribution in [0.3, 0.4) is 0 Å². The Morgan fingerprint density at radius 2 is 2.03 bits per heavy atom. The molecule has 0 spiro atoms. The zero-order chi connectivity index (χ0) is 23.6. The third-order valence-electron chi connectivity index (χ3n) is 5.01. The summed E-state index contributed by atoms with van der Waals surface area (Å²) in [6.07, 6.45) is 0.452. The third kappa shape index (κ3) is 5.37. The molecule has 1 aliphatic rings. The van der Waals surface area contributed by atoms with E-state index < -0.39 is 17.7 Å². The van der Waals surface area contributed by atoms with Crippen LogP contribution in [0.1, 0.15) is 40.2 Å². The monoisotopic (exact) mass is 443 g/mol. The molecule has 1 unspecified atom stereocenters. The van der Waals surface area contributed by atoms with Gasteiger partial charge in [-0.3, -0.25) is 10.2 Å². The fourth-order valence-electron chi connectivity index (χ4n) is 3.77. The second-order valence-electron chi connectivity index (χ2n) is 8.94. The lowest BCUT2D eigenvalue weighted by molar-refractivity contribution is 0.179. The molecule has 3 rings (SSSR count). The minimum absolute atomic E-state index is 0.0275. The van der Waals surface area contributed by atoms with E-state index in [0.29, 0.717) is 17.9 Å². The van der Waals surface area contributed by atoms with Crippen molar-refractivity contribution in [3.05, 3.63) is 30.0 Å². The van der Waals surface area contributed by atoms with Crippen LogP contribution in [0.4, 0.5) is 25.9 Å². The van der Waals surface area contributed by atoms with E-state index in [0.717, 1.165) is 16.3 Å². The molecule has 0 bridgehead atoms. The molecule has 4 N–H and O–H groups in total. The van der Waals surface area contributed by atoms with Gasteiger partial charge in [-0.1, -0.05) is 0 Å². The lowest BCUT2D eigenvalue weighted by atomic mass is 9.91. The Hall–Kier alpha value is -3.56. The van der Waals surface area contributed by atoms with E-state index in [9.17, 15) is 19.5 Å². The first-order valence-corrected chi connectivity index (χ1v) is 10.4. The maximum atomic E-state index is 12.3. The Kier molecular flexibility index (Phi) is 6.42. The largest absolute Gasteiger partial charge is 0.465 e. The number of carbonyl (C=O) groups excluding carboxylic acids is 2. The molecule has 1 aromatic carbocycles. The van der Waals surface area contributed by atoms with Gasteiger partial charge in [-0.05, 0) is 70.2 Å². The molecule has 1 aromatic heterocycles. The van der Waals surface area contributed by atoms with E-state index in [1.54, 1.807) is 31.0 Å². The summed E-state index contributed by atoms with van der Waals surface area (Å²) >= 11 is 0. The van der Waals surface area contributed by atoms with Crippen molar-refractivity contribution in [2.45, 2.75) is 58.7 Å². The molecule has 0 aliphatic carbocycles. The first kappa shape index (κ1) is 23.1. The highest BCUT2D eigenvalue weighted by molar-refractivity contribution is 5.97. The number of nitrogens with one attached hydrogen (secondary N) is 3. The summed E-state index contributed by atoms with van der Waals surface area (Å²) in [5.74, 6) is 0.360. The molecule has 4 amide bonds. The smallest absolute Gasteiger partial charge is 0.414 e. The molecule has 10 nitrogen and oxygen atoms in total. The van der Waals surface area contributed by atoms with Crippen molar-refractivity contribution in [2.24, 2.45) is 0 Å². The van der Waals surface area contributed by atoms with Gasteiger partial charge < -0.3 is 20.5 Å². The summed E-state index contributed by atoms with van der Waals surface area (Å²) in [4.78, 5) is 41.5. The van der Waals surface area contributed by atoms with E-state index in [-0.39, 0.29) is 24.7 Å². The number of hydrogen-bond acceptors (Lipinski definition) is 5. The molecule has 2 aromatic rings. The Morgan fingerprint density at radius 1 is 1.31 bits per heavy atom. The maximum absolute atomic E-state index is 12.3. The summed E-state index contributed by atoms with van der Waals surface area (Å²) in [7, 11) is 0. The highest BCUT2D eigenvalue weighted by Crippen LogP contribution is 2.32. The Bertz CT molecular complexity index is 1050. The molecule has 1 saturated heterocycles. The van der Waals surface area contributed by atoms with Gasteiger partial charge in [0.2, 0.25) is 0 Å². The van der Waals surface area contributed by atoms with Crippen molar-refractivity contribution < 1.29 is 24.2 Å². The van der Waals surface area contributed by atoms with Crippen molar-refractivity contribution in [3.63, 3.8) is 0 Å². The molecule has 2 heterocycles. The van der Waals surface area contributed by atoms with E-state index in [1.807, 2.05) is 32.9 Å². The molecule has 0 radical (unpaired) electrons. The van der Waals surface area contributed by atoms with Crippen LogP contribution in [0.2, 0.25) is 0 Å². The zero-order valence-electron chi connectivity index (χ0n) is 18.9. The van der Waals surface area contributed by atoms with Gasteiger partial charge in [-0.2, -0.15) is 0 Å². The number of carbonyl (C=O) groups is 3. The van der Waals surface area contributed by atoms with Gasteiger partial charge in [-0.25, -0.2) is 19.4 Å². The topological polar surface area (TPSA) is 133 Å². The van der Waals surface area contributed by atoms with Gasteiger partial charge in [-0.15, -0.1) is 0 Å². The molecule has 172 valence electrons. The second-order valence-corrected chi connectivity index (χ2v) is 8.94. The minimum Gasteiger partial charge on any atom is -0.465 e. The number of anilines is 2. The van der Waals surface area contributed by atoms with Crippen molar-refractivity contribution in [1.29, 1.82) is 0 Å². The first-order valence-electron chi connectivity index (χ1n) is 10.4. The number of pyridine rings is 1. The molecular formula is C22H29N5O5. The van der Waals surface area contributed by atoms with Gasteiger partial charge in [0.15, 0.2) is 0 Å². The molecule has 0 saturated carbocycles. The Labute approximate surface area is 186 Å². The number of aromatic nitrogens is 1. The molecule has 32 heavy (non-hydrogen) atoms. The standard InChI is InChI=1S/C22H29N5O5/c1-12(2)24-19(28)25-18-8-14-6-16(27-13(3)11-32-21(27)31)7-15(17(14)10-23-18)9-22(4,5)26-20(29)30/h6-8,10,12-13,26H,9,11H2,1-5H3,(H,29,30)(H2,23,24,25,28). The Morgan fingerprint density at radius 3 is 2.62 bits per heavy atom. The molecule has 1 aliphatic heterocycles. The van der Waals surface area contributed by atoms with Crippen LogP contribution in [0.15, 0.2) is 24.4 Å². The lowest BCUT2D eigenvalue weighted by Gasteiger charge is -2.27. The van der Waals surface area contributed by atoms with Crippen LogP contribution in [0.5, 0.6) is 0 Å². The summed E-state index contributed by atoms with van der Waals surface area (Å²) < 4.78 is 5.17. The average Bonchev–Trinajstić information content (AvgIpc) is 2.97. The fourth-order valence-corrected chi connectivity index (χ4v) is 3.77. The van der Waals surface area contributed by atoms with Crippen molar-refractivity contribution in [2.75, 3.05) is 16.8 Å². The summed E-state index contributed by atoms with van der Waals surface area (Å²) in [6, 6.07) is 4.89. The van der Waals surface area contributed by atoms with E-state index in [4.69, 9.17) is 4.74 Å². The van der Waals surface area contributed by atoms with E-state index >= 15 is 0 Å². The van der Waals surface area contributed by atoms with Gasteiger partial charge in [0.1, 0.15) is 12.4 Å². The predicted octanol–water partition coefficient (Wildman–Crippen LogP) is 3.70. The fraction of sp³-hybridized carbons (Fsp3) is 0.455. The van der Waals surface area contributed by atoms with E-state index in [2.05, 4.69) is 20.9 Å². The number of urea groups is 1. The highest BCUT2D eigenvalue weighted by atomic mass is 16.6. The number of ether oxygens (including phenoxy) is 1. The Balaban J connectivity index is 2.06. The molecule has 10 heteroatoms. The molecule has 1 fully saturated rings. The number of rotatable bonds is 6. The number of nitrogens with zero attached hydrogens (tertiary/aromatic N) is 2. The summed E-state index contributed by atoms with van der Waals surface area (Å²) in [5.41, 5.74) is 0.689. The molecular weight excluding hydrogens is 414 g/mol. The minimum atomic E-state index is -1.12. The van der Waals surface area contributed by atoms with E-state index in [1.165, 1.54) is 0 Å². The number of benzene rings is 1. The van der Waals surface area contributed by atoms with Gasteiger partial charge in [0.25, 0.3) is 0 Å². The average molecular weight is 444 g/mol. The van der Waals surface area contributed by atoms with Crippen LogP contribution in [-0.4, -0.2) is 52.5 Å². The van der Waals surface area contributed by atoms with Crippen LogP contribution in [-0.2, 0) is 11.2 Å². The second kappa shape index (κ2) is 8.89. The quantitative estimate of drug-likeness (QED) is 0.538. The van der Waals surface area contributed by atoms with Gasteiger partial charge >= 0.3 is 18.2 Å². The summed E-state index contributed by atoms with van der Waals surface area (Å²) in [6.45, 7) is 9.46.